The first-order valence-corrected chi connectivity index (χ1v) is 10.5. The molecule has 0 saturated carbocycles. The number of anilines is 1. The summed E-state index contributed by atoms with van der Waals surface area (Å²) in [6.45, 7) is 3.90. The van der Waals surface area contributed by atoms with E-state index in [-0.39, 0.29) is 5.54 Å². The van der Waals surface area contributed by atoms with E-state index in [1.165, 1.54) is 15.0 Å². The van der Waals surface area contributed by atoms with Gasteiger partial charge in [0.25, 0.3) is 0 Å². The minimum atomic E-state index is -0.0817. The summed E-state index contributed by atoms with van der Waals surface area (Å²) >= 11 is 3.31. The van der Waals surface area contributed by atoms with Crippen LogP contribution in [0.25, 0.3) is 21.4 Å². The van der Waals surface area contributed by atoms with E-state index in [0.717, 1.165) is 42.6 Å². The van der Waals surface area contributed by atoms with E-state index >= 15 is 0 Å². The molecule has 0 amide bonds. The zero-order chi connectivity index (χ0) is 18.4. The molecule has 4 aromatic heterocycles. The maximum absolute atomic E-state index is 6.23. The molecular formula is C18H19N7S2. The number of hydrogen-bond donors (Lipinski definition) is 2. The van der Waals surface area contributed by atoms with Crippen molar-refractivity contribution < 1.29 is 0 Å². The van der Waals surface area contributed by atoms with Crippen molar-refractivity contribution in [3.8, 4) is 0 Å². The lowest BCUT2D eigenvalue weighted by molar-refractivity contribution is 0.362. The van der Waals surface area contributed by atoms with Gasteiger partial charge in [-0.25, -0.2) is 9.97 Å². The zero-order valence-electron chi connectivity index (χ0n) is 14.8. The molecule has 9 heteroatoms. The van der Waals surface area contributed by atoms with Gasteiger partial charge < -0.3 is 15.6 Å². The highest BCUT2D eigenvalue weighted by Crippen LogP contribution is 2.36. The molecule has 3 N–H and O–H groups in total. The van der Waals surface area contributed by atoms with Crippen LogP contribution in [-0.2, 0) is 0 Å². The Balaban J connectivity index is 1.41. The molecule has 0 aromatic carbocycles. The van der Waals surface area contributed by atoms with Crippen molar-refractivity contribution in [2.24, 2.45) is 5.73 Å². The van der Waals surface area contributed by atoms with E-state index in [4.69, 9.17) is 10.7 Å². The van der Waals surface area contributed by atoms with Gasteiger partial charge in [-0.05, 0) is 25.8 Å². The smallest absolute Gasteiger partial charge is 0.206 e. The van der Waals surface area contributed by atoms with Crippen molar-refractivity contribution in [1.82, 2.24) is 24.9 Å². The Kier molecular flexibility index (Phi) is 4.03. The fourth-order valence-electron chi connectivity index (χ4n) is 3.24. The lowest BCUT2D eigenvalue weighted by atomic mass is 9.91. The first kappa shape index (κ1) is 16.9. The summed E-state index contributed by atoms with van der Waals surface area (Å²) in [6, 6.07) is 2.04. The number of aromatic amines is 1. The third kappa shape index (κ3) is 3.26. The number of nitrogens with zero attached hydrogens (tertiary/aromatic N) is 5. The predicted molar refractivity (Wildman–Crippen MR) is 109 cm³/mol. The van der Waals surface area contributed by atoms with Crippen LogP contribution in [0.1, 0.15) is 19.8 Å². The molecule has 0 bridgehead atoms. The summed E-state index contributed by atoms with van der Waals surface area (Å²) < 4.78 is 1.18. The van der Waals surface area contributed by atoms with Crippen molar-refractivity contribution in [3.05, 3.63) is 30.0 Å². The molecule has 138 valence electrons. The normalized spacial score (nSPS) is 17.0. The van der Waals surface area contributed by atoms with Crippen LogP contribution in [0.5, 0.6) is 0 Å². The van der Waals surface area contributed by atoms with Gasteiger partial charge in [0.1, 0.15) is 5.03 Å². The van der Waals surface area contributed by atoms with E-state index in [2.05, 4.69) is 37.1 Å². The Morgan fingerprint density at radius 2 is 2.11 bits per heavy atom. The Morgan fingerprint density at radius 3 is 2.96 bits per heavy atom. The molecule has 0 unspecified atom stereocenters. The highest BCUT2D eigenvalue weighted by atomic mass is 32.2. The van der Waals surface area contributed by atoms with Gasteiger partial charge >= 0.3 is 0 Å². The highest BCUT2D eigenvalue weighted by molar-refractivity contribution is 7.99. The number of rotatable bonds is 3. The molecule has 27 heavy (non-hydrogen) atoms. The number of hydrogen-bond acceptors (Lipinski definition) is 8. The van der Waals surface area contributed by atoms with Crippen LogP contribution in [0.3, 0.4) is 0 Å². The average Bonchev–Trinajstić information content (AvgIpc) is 3.26. The van der Waals surface area contributed by atoms with E-state index in [1.807, 2.05) is 18.5 Å². The molecule has 0 atom stereocenters. The number of aromatic nitrogens is 5. The van der Waals surface area contributed by atoms with Crippen LogP contribution in [0, 0.1) is 0 Å². The Bertz CT molecular complexity index is 1110. The molecule has 7 nitrogen and oxygen atoms in total. The third-order valence-corrected chi connectivity index (χ3v) is 6.98. The molecule has 4 aromatic rings. The summed E-state index contributed by atoms with van der Waals surface area (Å²) in [7, 11) is 0. The number of fused-ring (bicyclic) bond motifs is 2. The van der Waals surface area contributed by atoms with E-state index < -0.39 is 0 Å². The number of nitrogens with two attached hydrogens (primary N) is 1. The van der Waals surface area contributed by atoms with Crippen LogP contribution < -0.4 is 10.6 Å². The summed E-state index contributed by atoms with van der Waals surface area (Å²) in [6.07, 6.45) is 7.40. The van der Waals surface area contributed by atoms with Crippen molar-refractivity contribution in [2.45, 2.75) is 35.2 Å². The first-order valence-electron chi connectivity index (χ1n) is 8.83. The standard InChI is InChI=1S/C18H19N7S2/c1-18(19)3-6-25(7-4-18)17-23-15-16(24-17)22-14(9-21-15)27-13-10-26-12-8-20-5-2-11(12)13/h2,5,8-10H,3-4,6-7,19H2,1H3,(H,21,22,23,24). The average molecular weight is 398 g/mol. The minimum absolute atomic E-state index is 0.0817. The molecule has 1 fully saturated rings. The maximum atomic E-state index is 6.23. The second-order valence-electron chi connectivity index (χ2n) is 7.16. The number of nitrogens with one attached hydrogen (secondary N) is 1. The Hall–Kier alpha value is -2.23. The summed E-state index contributed by atoms with van der Waals surface area (Å²) in [5.74, 6) is 0.828. The zero-order valence-corrected chi connectivity index (χ0v) is 16.5. The molecule has 0 radical (unpaired) electrons. The van der Waals surface area contributed by atoms with Crippen LogP contribution in [0.2, 0.25) is 0 Å². The SMILES string of the molecule is CC1(N)CCN(c2nc3ncc(Sc4csc5cnccc45)nc3[nH]2)CC1. The molecule has 1 aliphatic rings. The molecule has 0 aliphatic carbocycles. The van der Waals surface area contributed by atoms with Gasteiger partial charge in [-0.3, -0.25) is 4.98 Å². The molecule has 1 aliphatic heterocycles. The van der Waals surface area contributed by atoms with Crippen molar-refractivity contribution in [1.29, 1.82) is 0 Å². The highest BCUT2D eigenvalue weighted by Gasteiger charge is 2.27. The quantitative estimate of drug-likeness (QED) is 0.546. The molecular weight excluding hydrogens is 378 g/mol. The fraction of sp³-hybridized carbons (Fsp3) is 0.333. The number of piperidine rings is 1. The Labute approximate surface area is 164 Å². The molecule has 5 heterocycles. The number of H-pyrrole nitrogens is 1. The number of imidazole rings is 1. The fourth-order valence-corrected chi connectivity index (χ4v) is 5.19. The maximum Gasteiger partial charge on any atom is 0.206 e. The first-order chi connectivity index (χ1) is 13.1. The van der Waals surface area contributed by atoms with E-state index in [1.54, 1.807) is 29.3 Å². The van der Waals surface area contributed by atoms with E-state index in [9.17, 15) is 0 Å². The predicted octanol–water partition coefficient (Wildman–Crippen LogP) is 3.43. The van der Waals surface area contributed by atoms with Gasteiger partial charge in [0.15, 0.2) is 11.3 Å². The van der Waals surface area contributed by atoms with Gasteiger partial charge in [0.05, 0.1) is 10.9 Å². The summed E-state index contributed by atoms with van der Waals surface area (Å²) in [5, 5.41) is 4.19. The lowest BCUT2D eigenvalue weighted by Gasteiger charge is -2.36. The van der Waals surface area contributed by atoms with Gasteiger partial charge in [0.2, 0.25) is 5.95 Å². The molecule has 1 saturated heterocycles. The second-order valence-corrected chi connectivity index (χ2v) is 9.13. The van der Waals surface area contributed by atoms with Crippen LogP contribution in [0.15, 0.2) is 40.0 Å². The largest absolute Gasteiger partial charge is 0.342 e. The van der Waals surface area contributed by atoms with Crippen molar-refractivity contribution >= 4 is 50.4 Å². The lowest BCUT2D eigenvalue weighted by Crippen LogP contribution is -2.48. The monoisotopic (exact) mass is 397 g/mol. The van der Waals surface area contributed by atoms with Gasteiger partial charge in [0, 0.05) is 46.7 Å². The van der Waals surface area contributed by atoms with Crippen molar-refractivity contribution in [2.75, 3.05) is 18.0 Å². The molecule has 5 rings (SSSR count). The van der Waals surface area contributed by atoms with Gasteiger partial charge in [-0.1, -0.05) is 11.8 Å². The number of thiophene rings is 1. The summed E-state index contributed by atoms with van der Waals surface area (Å²) in [4.78, 5) is 24.7. The summed E-state index contributed by atoms with van der Waals surface area (Å²) in [5.41, 5.74) is 7.52. The van der Waals surface area contributed by atoms with Gasteiger partial charge in [-0.2, -0.15) is 4.98 Å². The van der Waals surface area contributed by atoms with Gasteiger partial charge in [-0.15, -0.1) is 11.3 Å². The topological polar surface area (TPSA) is 96.6 Å². The Morgan fingerprint density at radius 1 is 1.26 bits per heavy atom. The molecule has 0 spiro atoms. The van der Waals surface area contributed by atoms with Crippen LogP contribution >= 0.6 is 23.1 Å². The minimum Gasteiger partial charge on any atom is -0.342 e. The van der Waals surface area contributed by atoms with Crippen LogP contribution in [-0.4, -0.2) is 43.5 Å². The van der Waals surface area contributed by atoms with E-state index in [0.29, 0.717) is 5.65 Å². The number of pyridine rings is 1. The van der Waals surface area contributed by atoms with Crippen molar-refractivity contribution in [3.63, 3.8) is 0 Å². The second kappa shape index (κ2) is 6.43. The van der Waals surface area contributed by atoms with Crippen LogP contribution in [0.4, 0.5) is 5.95 Å². The third-order valence-electron chi connectivity index (χ3n) is 4.94.